The topological polar surface area (TPSA) is 84.4 Å². The van der Waals surface area contributed by atoms with Crippen molar-refractivity contribution in [3.63, 3.8) is 0 Å². The number of fused-ring (bicyclic) bond motifs is 1. The quantitative estimate of drug-likeness (QED) is 0.555. The molecule has 1 saturated heterocycles. The number of guanidine groups is 1. The lowest BCUT2D eigenvalue weighted by Gasteiger charge is -2.23. The minimum atomic E-state index is -0.503. The summed E-state index contributed by atoms with van der Waals surface area (Å²) in [6, 6.07) is 3.92. The first kappa shape index (κ1) is 22.3. The van der Waals surface area contributed by atoms with Crippen LogP contribution in [-0.4, -0.2) is 68.5 Å². The van der Waals surface area contributed by atoms with Gasteiger partial charge in [0.2, 0.25) is 0 Å². The van der Waals surface area contributed by atoms with Crippen LogP contribution in [0.5, 0.6) is 11.5 Å². The summed E-state index contributed by atoms with van der Waals surface area (Å²) in [5.41, 5.74) is 0.564. The van der Waals surface area contributed by atoms with Gasteiger partial charge in [-0.2, -0.15) is 0 Å². The van der Waals surface area contributed by atoms with Gasteiger partial charge in [0.05, 0.1) is 11.1 Å². The van der Waals surface area contributed by atoms with E-state index in [9.17, 15) is 4.79 Å². The molecule has 0 aromatic heterocycles. The van der Waals surface area contributed by atoms with E-state index in [4.69, 9.17) is 25.8 Å². The zero-order chi connectivity index (χ0) is 21.7. The highest BCUT2D eigenvalue weighted by molar-refractivity contribution is 6.32. The van der Waals surface area contributed by atoms with Crippen LogP contribution in [0.4, 0.5) is 4.79 Å². The summed E-state index contributed by atoms with van der Waals surface area (Å²) in [5, 5.41) is 6.90. The maximum Gasteiger partial charge on any atom is 0.407 e. The van der Waals surface area contributed by atoms with Gasteiger partial charge in [0.15, 0.2) is 17.5 Å². The Bertz CT molecular complexity index is 794. The van der Waals surface area contributed by atoms with E-state index >= 15 is 0 Å². The number of halogens is 1. The molecule has 30 heavy (non-hydrogen) atoms. The van der Waals surface area contributed by atoms with Gasteiger partial charge >= 0.3 is 6.09 Å². The van der Waals surface area contributed by atoms with E-state index in [1.54, 1.807) is 7.05 Å². The van der Waals surface area contributed by atoms with Gasteiger partial charge in [-0.3, -0.25) is 4.99 Å². The summed E-state index contributed by atoms with van der Waals surface area (Å²) in [4.78, 5) is 18.5. The summed E-state index contributed by atoms with van der Waals surface area (Å²) < 4.78 is 16.5. The number of nitrogens with zero attached hydrogens (tertiary/aromatic N) is 2. The zero-order valence-corrected chi connectivity index (χ0v) is 18.8. The molecule has 1 fully saturated rings. The molecule has 0 spiro atoms. The van der Waals surface area contributed by atoms with Crippen molar-refractivity contribution >= 4 is 23.7 Å². The molecule has 1 aromatic rings. The molecule has 2 heterocycles. The summed E-state index contributed by atoms with van der Waals surface area (Å²) >= 11 is 6.32. The van der Waals surface area contributed by atoms with Gasteiger partial charge in [-0.25, -0.2) is 4.79 Å². The number of hydrogen-bond acceptors (Lipinski definition) is 5. The zero-order valence-electron chi connectivity index (χ0n) is 18.1. The lowest BCUT2D eigenvalue weighted by atomic mass is 10.1. The van der Waals surface area contributed by atoms with E-state index in [1.807, 2.05) is 32.9 Å². The van der Waals surface area contributed by atoms with Crippen molar-refractivity contribution in [2.24, 2.45) is 4.99 Å². The molecule has 166 valence electrons. The van der Waals surface area contributed by atoms with Crippen molar-refractivity contribution in [3.05, 3.63) is 22.7 Å². The highest BCUT2D eigenvalue weighted by Gasteiger charge is 2.27. The third-order valence-electron chi connectivity index (χ3n) is 4.77. The van der Waals surface area contributed by atoms with E-state index in [1.165, 1.54) is 0 Å². The second-order valence-electron chi connectivity index (χ2n) is 8.40. The van der Waals surface area contributed by atoms with Crippen LogP contribution in [0.2, 0.25) is 5.02 Å². The van der Waals surface area contributed by atoms with Crippen LogP contribution in [-0.2, 0) is 11.2 Å². The number of aliphatic imine (C=N–C) groups is 1. The Morgan fingerprint density at radius 2 is 2.10 bits per heavy atom. The van der Waals surface area contributed by atoms with Gasteiger partial charge in [-0.1, -0.05) is 11.6 Å². The molecule has 1 unspecified atom stereocenters. The van der Waals surface area contributed by atoms with E-state index in [0.29, 0.717) is 42.8 Å². The fraction of sp³-hybridized carbons (Fsp3) is 0.619. The summed E-state index contributed by atoms with van der Waals surface area (Å²) in [5.74, 6) is 2.13. The van der Waals surface area contributed by atoms with Crippen molar-refractivity contribution in [3.8, 4) is 11.5 Å². The molecule has 8 nitrogen and oxygen atoms in total. The van der Waals surface area contributed by atoms with Gasteiger partial charge in [-0.05, 0) is 51.3 Å². The number of likely N-dealkylation sites (tertiary alicyclic amines) is 1. The number of carbonyl (C=O) groups is 1. The number of carbonyl (C=O) groups excluding carboxylic acids is 1. The first-order valence-corrected chi connectivity index (χ1v) is 10.7. The Kier molecular flexibility index (Phi) is 7.18. The smallest absolute Gasteiger partial charge is 0.407 e. The van der Waals surface area contributed by atoms with Crippen molar-refractivity contribution in [2.45, 2.75) is 45.3 Å². The van der Waals surface area contributed by atoms with E-state index in [2.05, 4.69) is 20.5 Å². The standard InChI is InChI=1S/C21H31ClN4O4/c1-21(2,3)30-20(27)25-15-6-8-26(13-15)19(23-4)24-7-5-14-11-16(22)18-17(12-14)28-9-10-29-18/h11-12,15H,5-10,13H2,1-4H3,(H,23,24)(H,25,27). The minimum absolute atomic E-state index is 0.0370. The lowest BCUT2D eigenvalue weighted by molar-refractivity contribution is 0.0507. The van der Waals surface area contributed by atoms with Crippen LogP contribution in [0.3, 0.4) is 0 Å². The molecule has 1 aromatic carbocycles. The molecule has 0 aliphatic carbocycles. The van der Waals surface area contributed by atoms with Gasteiger partial charge < -0.3 is 29.7 Å². The first-order valence-electron chi connectivity index (χ1n) is 10.3. The summed E-state index contributed by atoms with van der Waals surface area (Å²) in [6.45, 7) is 8.82. The molecule has 1 atom stereocenters. The molecular formula is C21H31ClN4O4. The molecular weight excluding hydrogens is 408 g/mol. The van der Waals surface area contributed by atoms with Crippen LogP contribution in [0, 0.1) is 0 Å². The highest BCUT2D eigenvalue weighted by atomic mass is 35.5. The van der Waals surface area contributed by atoms with Crippen molar-refractivity contribution in [1.82, 2.24) is 15.5 Å². The Morgan fingerprint density at radius 1 is 1.33 bits per heavy atom. The predicted molar refractivity (Wildman–Crippen MR) is 117 cm³/mol. The minimum Gasteiger partial charge on any atom is -0.486 e. The van der Waals surface area contributed by atoms with Gasteiger partial charge in [-0.15, -0.1) is 0 Å². The first-order chi connectivity index (χ1) is 14.2. The maximum absolute atomic E-state index is 12.0. The number of amides is 1. The lowest BCUT2D eigenvalue weighted by Crippen LogP contribution is -2.44. The second-order valence-corrected chi connectivity index (χ2v) is 8.81. The number of alkyl carbamates (subject to hydrolysis) is 1. The average Bonchev–Trinajstić information content (AvgIpc) is 3.12. The van der Waals surface area contributed by atoms with Crippen molar-refractivity contribution in [1.29, 1.82) is 0 Å². The molecule has 0 bridgehead atoms. The van der Waals surface area contributed by atoms with Crippen LogP contribution >= 0.6 is 11.6 Å². The number of nitrogens with one attached hydrogen (secondary N) is 2. The third kappa shape index (κ3) is 6.08. The van der Waals surface area contributed by atoms with Gasteiger partial charge in [0, 0.05) is 26.7 Å². The Morgan fingerprint density at radius 3 is 2.83 bits per heavy atom. The van der Waals surface area contributed by atoms with Crippen LogP contribution in [0.15, 0.2) is 17.1 Å². The molecule has 1 amide bonds. The fourth-order valence-corrected chi connectivity index (χ4v) is 3.79. The largest absolute Gasteiger partial charge is 0.486 e. The molecule has 0 radical (unpaired) electrons. The number of ether oxygens (including phenoxy) is 3. The molecule has 2 aliphatic heterocycles. The number of hydrogen-bond donors (Lipinski definition) is 2. The van der Waals surface area contributed by atoms with Crippen molar-refractivity contribution in [2.75, 3.05) is 39.9 Å². The maximum atomic E-state index is 12.0. The molecule has 3 rings (SSSR count). The monoisotopic (exact) mass is 438 g/mol. The molecule has 9 heteroatoms. The predicted octanol–water partition coefficient (Wildman–Crippen LogP) is 2.83. The van der Waals surface area contributed by atoms with E-state index in [-0.39, 0.29) is 12.1 Å². The SMILES string of the molecule is CN=C(NCCc1cc(Cl)c2c(c1)OCCO2)N1CCC(NC(=O)OC(C)(C)C)C1. The molecule has 2 aliphatic rings. The average molecular weight is 439 g/mol. The van der Waals surface area contributed by atoms with E-state index in [0.717, 1.165) is 30.9 Å². The van der Waals surface area contributed by atoms with Gasteiger partial charge in [0.25, 0.3) is 0 Å². The fourth-order valence-electron chi connectivity index (χ4n) is 3.50. The van der Waals surface area contributed by atoms with Crippen LogP contribution < -0.4 is 20.1 Å². The number of rotatable bonds is 4. The normalized spacial score (nSPS) is 18.9. The van der Waals surface area contributed by atoms with Crippen LogP contribution in [0.25, 0.3) is 0 Å². The third-order valence-corrected chi connectivity index (χ3v) is 5.05. The van der Waals surface area contributed by atoms with Gasteiger partial charge in [0.1, 0.15) is 18.8 Å². The second kappa shape index (κ2) is 9.64. The summed E-state index contributed by atoms with van der Waals surface area (Å²) in [6.07, 6.45) is 1.23. The number of benzene rings is 1. The molecule has 2 N–H and O–H groups in total. The van der Waals surface area contributed by atoms with E-state index < -0.39 is 5.60 Å². The summed E-state index contributed by atoms with van der Waals surface area (Å²) in [7, 11) is 1.76. The van der Waals surface area contributed by atoms with Crippen molar-refractivity contribution < 1.29 is 19.0 Å². The highest BCUT2D eigenvalue weighted by Crippen LogP contribution is 2.38. The van der Waals surface area contributed by atoms with Crippen LogP contribution in [0.1, 0.15) is 32.8 Å². The molecule has 0 saturated carbocycles. The Balaban J connectivity index is 1.47. The Labute approximate surface area is 182 Å². The Hall–Kier alpha value is -2.35.